The molecule has 98 valence electrons. The van der Waals surface area contributed by atoms with Crippen molar-refractivity contribution in [3.05, 3.63) is 65.0 Å². The maximum atomic E-state index is 13.6. The van der Waals surface area contributed by atoms with Gasteiger partial charge >= 0.3 is 0 Å². The van der Waals surface area contributed by atoms with E-state index < -0.39 is 28.8 Å². The van der Waals surface area contributed by atoms with E-state index in [1.54, 1.807) is 0 Å². The van der Waals surface area contributed by atoms with Crippen LogP contribution >= 0.6 is 0 Å². The van der Waals surface area contributed by atoms with Crippen molar-refractivity contribution >= 4 is 11.5 Å². The lowest BCUT2D eigenvalue weighted by Crippen LogP contribution is -2.11. The Morgan fingerprint density at radius 3 is 2.26 bits per heavy atom. The number of carbonyl (C=O) groups is 1. The van der Waals surface area contributed by atoms with Crippen molar-refractivity contribution < 1.29 is 18.0 Å². The van der Waals surface area contributed by atoms with Gasteiger partial charge in [0, 0.05) is 6.42 Å². The second-order valence-corrected chi connectivity index (χ2v) is 4.05. The number of nitrogens with two attached hydrogens (primary N) is 1. The SMILES string of the molecule is Nc1ccc(F)c(C(=O)Cc2ccc(F)cc2)c1F. The van der Waals surface area contributed by atoms with E-state index in [1.807, 2.05) is 0 Å². The lowest BCUT2D eigenvalue weighted by molar-refractivity contribution is 0.0985. The predicted octanol–water partition coefficient (Wildman–Crippen LogP) is 3.11. The summed E-state index contributed by atoms with van der Waals surface area (Å²) in [5, 5.41) is 0. The van der Waals surface area contributed by atoms with Crippen LogP contribution in [0.4, 0.5) is 18.9 Å². The number of anilines is 1. The fourth-order valence-corrected chi connectivity index (χ4v) is 1.70. The van der Waals surface area contributed by atoms with Gasteiger partial charge in [-0.05, 0) is 29.8 Å². The molecule has 2 aromatic carbocycles. The van der Waals surface area contributed by atoms with Crippen LogP contribution in [0.5, 0.6) is 0 Å². The number of Topliss-reactive ketones (excluding diaryl/α,β-unsaturated/α-hetero) is 1. The Kier molecular flexibility index (Phi) is 3.55. The van der Waals surface area contributed by atoms with Gasteiger partial charge in [-0.1, -0.05) is 12.1 Å². The number of halogens is 3. The molecule has 0 saturated heterocycles. The minimum absolute atomic E-state index is 0.225. The van der Waals surface area contributed by atoms with Gasteiger partial charge in [-0.3, -0.25) is 4.79 Å². The summed E-state index contributed by atoms with van der Waals surface area (Å²) >= 11 is 0. The third-order valence-corrected chi connectivity index (χ3v) is 2.68. The molecule has 5 heteroatoms. The molecule has 0 aliphatic carbocycles. The topological polar surface area (TPSA) is 43.1 Å². The largest absolute Gasteiger partial charge is 0.396 e. The molecule has 0 aliphatic heterocycles. The Labute approximate surface area is 107 Å². The molecule has 0 aromatic heterocycles. The molecule has 0 saturated carbocycles. The molecule has 2 N–H and O–H groups in total. The molecule has 0 aliphatic rings. The number of nitrogen functional groups attached to an aromatic ring is 1. The van der Waals surface area contributed by atoms with Gasteiger partial charge in [-0.2, -0.15) is 0 Å². The van der Waals surface area contributed by atoms with E-state index in [0.717, 1.165) is 12.1 Å². The Morgan fingerprint density at radius 2 is 1.63 bits per heavy atom. The van der Waals surface area contributed by atoms with Gasteiger partial charge in [-0.25, -0.2) is 13.2 Å². The zero-order chi connectivity index (χ0) is 14.0. The lowest BCUT2D eigenvalue weighted by Gasteiger charge is -2.06. The van der Waals surface area contributed by atoms with Crippen molar-refractivity contribution in [2.45, 2.75) is 6.42 Å². The van der Waals surface area contributed by atoms with Crippen LogP contribution in [0, 0.1) is 17.5 Å². The average Bonchev–Trinajstić information content (AvgIpc) is 2.37. The summed E-state index contributed by atoms with van der Waals surface area (Å²) in [5.41, 5.74) is 4.81. The number of ketones is 1. The Balaban J connectivity index is 2.30. The van der Waals surface area contributed by atoms with Crippen molar-refractivity contribution in [3.63, 3.8) is 0 Å². The summed E-state index contributed by atoms with van der Waals surface area (Å²) in [6.07, 6.45) is -0.225. The number of rotatable bonds is 3. The van der Waals surface area contributed by atoms with Crippen LogP contribution in [0.3, 0.4) is 0 Å². The van der Waals surface area contributed by atoms with Crippen molar-refractivity contribution in [1.82, 2.24) is 0 Å². The zero-order valence-electron chi connectivity index (χ0n) is 9.79. The summed E-state index contributed by atoms with van der Waals surface area (Å²) < 4.78 is 39.8. The second kappa shape index (κ2) is 5.14. The molecule has 0 bridgehead atoms. The standard InChI is InChI=1S/C14H10F3NO/c15-9-3-1-8(2-4-9)7-12(19)13-10(16)5-6-11(18)14(13)17/h1-6H,7,18H2. The Morgan fingerprint density at radius 1 is 1.00 bits per heavy atom. The minimum Gasteiger partial charge on any atom is -0.396 e. The quantitative estimate of drug-likeness (QED) is 0.684. The van der Waals surface area contributed by atoms with Gasteiger partial charge in [0.1, 0.15) is 11.6 Å². The van der Waals surface area contributed by atoms with E-state index in [2.05, 4.69) is 0 Å². The van der Waals surface area contributed by atoms with Crippen molar-refractivity contribution in [2.24, 2.45) is 0 Å². The van der Waals surface area contributed by atoms with Crippen molar-refractivity contribution in [1.29, 1.82) is 0 Å². The van der Waals surface area contributed by atoms with Gasteiger partial charge in [0.2, 0.25) is 0 Å². The van der Waals surface area contributed by atoms with Gasteiger partial charge < -0.3 is 5.73 Å². The first kappa shape index (κ1) is 13.1. The molecule has 0 spiro atoms. The first-order valence-electron chi connectivity index (χ1n) is 5.50. The zero-order valence-corrected chi connectivity index (χ0v) is 9.79. The fraction of sp³-hybridized carbons (Fsp3) is 0.0714. The van der Waals surface area contributed by atoms with Crippen LogP contribution in [0.1, 0.15) is 15.9 Å². The highest BCUT2D eigenvalue weighted by Crippen LogP contribution is 2.20. The van der Waals surface area contributed by atoms with E-state index >= 15 is 0 Å². The second-order valence-electron chi connectivity index (χ2n) is 4.05. The minimum atomic E-state index is -1.06. The molecule has 2 rings (SSSR count). The number of hydrogen-bond donors (Lipinski definition) is 1. The molecule has 19 heavy (non-hydrogen) atoms. The van der Waals surface area contributed by atoms with Gasteiger partial charge in [0.25, 0.3) is 0 Å². The maximum Gasteiger partial charge on any atom is 0.173 e. The van der Waals surface area contributed by atoms with Gasteiger partial charge in [0.15, 0.2) is 11.6 Å². The molecule has 0 radical (unpaired) electrons. The average molecular weight is 265 g/mol. The van der Waals surface area contributed by atoms with E-state index in [0.29, 0.717) is 5.56 Å². The molecule has 2 nitrogen and oxygen atoms in total. The van der Waals surface area contributed by atoms with Crippen LogP contribution < -0.4 is 5.73 Å². The lowest BCUT2D eigenvalue weighted by atomic mass is 10.0. The first-order valence-corrected chi connectivity index (χ1v) is 5.50. The van der Waals surface area contributed by atoms with E-state index in [-0.39, 0.29) is 12.1 Å². The van der Waals surface area contributed by atoms with Crippen LogP contribution in [0.25, 0.3) is 0 Å². The Hall–Kier alpha value is -2.30. The highest BCUT2D eigenvalue weighted by atomic mass is 19.1. The van der Waals surface area contributed by atoms with E-state index in [4.69, 9.17) is 5.73 Å². The molecule has 0 fully saturated rings. The summed E-state index contributed by atoms with van der Waals surface area (Å²) in [6.45, 7) is 0. The van der Waals surface area contributed by atoms with Crippen molar-refractivity contribution in [2.75, 3.05) is 5.73 Å². The molecule has 2 aromatic rings. The Bertz CT molecular complexity index is 623. The number of carbonyl (C=O) groups excluding carboxylic acids is 1. The van der Waals surface area contributed by atoms with Crippen LogP contribution in [-0.2, 0) is 6.42 Å². The monoisotopic (exact) mass is 265 g/mol. The fourth-order valence-electron chi connectivity index (χ4n) is 1.70. The van der Waals surface area contributed by atoms with Crippen molar-refractivity contribution in [3.8, 4) is 0 Å². The van der Waals surface area contributed by atoms with Gasteiger partial charge in [0.05, 0.1) is 11.3 Å². The number of benzene rings is 2. The summed E-state index contributed by atoms with van der Waals surface area (Å²) in [6, 6.07) is 7.11. The molecule has 0 unspecified atom stereocenters. The predicted molar refractivity (Wildman–Crippen MR) is 65.2 cm³/mol. The summed E-state index contributed by atoms with van der Waals surface area (Å²) in [5.74, 6) is -3.21. The maximum absolute atomic E-state index is 13.6. The van der Waals surface area contributed by atoms with Crippen LogP contribution in [-0.4, -0.2) is 5.78 Å². The normalized spacial score (nSPS) is 10.5. The first-order chi connectivity index (χ1) is 8.99. The summed E-state index contributed by atoms with van der Waals surface area (Å²) in [4.78, 5) is 11.9. The van der Waals surface area contributed by atoms with Crippen LogP contribution in [0.15, 0.2) is 36.4 Å². The summed E-state index contributed by atoms with van der Waals surface area (Å²) in [7, 11) is 0. The van der Waals surface area contributed by atoms with E-state index in [9.17, 15) is 18.0 Å². The third kappa shape index (κ3) is 2.76. The highest BCUT2D eigenvalue weighted by Gasteiger charge is 2.19. The van der Waals surface area contributed by atoms with E-state index in [1.165, 1.54) is 24.3 Å². The number of hydrogen-bond acceptors (Lipinski definition) is 2. The highest BCUT2D eigenvalue weighted by molar-refractivity contribution is 5.98. The molecular formula is C14H10F3NO. The smallest absolute Gasteiger partial charge is 0.173 e. The molecule has 0 heterocycles. The third-order valence-electron chi connectivity index (χ3n) is 2.68. The molecule has 0 atom stereocenters. The van der Waals surface area contributed by atoms with Gasteiger partial charge in [-0.15, -0.1) is 0 Å². The molecule has 0 amide bonds. The van der Waals surface area contributed by atoms with Crippen LogP contribution in [0.2, 0.25) is 0 Å². The molecular weight excluding hydrogens is 255 g/mol.